The Morgan fingerprint density at radius 3 is 2.85 bits per heavy atom. The van der Waals surface area contributed by atoms with Gasteiger partial charge in [-0.1, -0.05) is 24.6 Å². The van der Waals surface area contributed by atoms with E-state index < -0.39 is 5.82 Å². The lowest BCUT2D eigenvalue weighted by Crippen LogP contribution is -2.26. The van der Waals surface area contributed by atoms with E-state index in [2.05, 4.69) is 33.2 Å². The van der Waals surface area contributed by atoms with Crippen molar-refractivity contribution in [3.8, 4) is 0 Å². The van der Waals surface area contributed by atoms with Crippen molar-refractivity contribution in [2.24, 2.45) is 7.05 Å². The van der Waals surface area contributed by atoms with Gasteiger partial charge in [-0.25, -0.2) is 9.37 Å². The number of hydrogen-bond donors (Lipinski definition) is 1. The Hall–Kier alpha value is -0.910. The number of nitrogens with zero attached hydrogens (tertiary/aromatic N) is 2. The summed E-state index contributed by atoms with van der Waals surface area (Å²) in [4.78, 5) is 4.10. The van der Waals surface area contributed by atoms with Crippen LogP contribution in [0.2, 0.25) is 5.02 Å². The van der Waals surface area contributed by atoms with E-state index in [4.69, 9.17) is 11.6 Å². The summed E-state index contributed by atoms with van der Waals surface area (Å²) in [6.07, 6.45) is 4.40. The first-order chi connectivity index (χ1) is 9.56. The summed E-state index contributed by atoms with van der Waals surface area (Å²) in [5, 5.41) is 3.45. The molecule has 0 radical (unpaired) electrons. The van der Waals surface area contributed by atoms with Gasteiger partial charge in [-0.3, -0.25) is 0 Å². The number of aryl methyl sites for hydroxylation is 1. The van der Waals surface area contributed by atoms with Gasteiger partial charge >= 0.3 is 0 Å². The molecule has 1 aromatic carbocycles. The summed E-state index contributed by atoms with van der Waals surface area (Å²) in [5.74, 6) is -0.407. The molecule has 1 unspecified atom stereocenters. The lowest BCUT2D eigenvalue weighted by Gasteiger charge is -2.20. The molecule has 0 bridgehead atoms. The van der Waals surface area contributed by atoms with Crippen LogP contribution in [0.3, 0.4) is 0 Å². The Labute approximate surface area is 131 Å². The van der Waals surface area contributed by atoms with Crippen LogP contribution in [0.25, 0.3) is 0 Å². The van der Waals surface area contributed by atoms with Crippen LogP contribution in [0.1, 0.15) is 30.6 Å². The minimum atomic E-state index is -0.407. The molecule has 1 atom stereocenters. The number of halogens is 3. The molecular formula is C14H16BrClFN3. The second-order valence-electron chi connectivity index (χ2n) is 4.58. The number of rotatable bonds is 5. The van der Waals surface area contributed by atoms with Crippen molar-refractivity contribution >= 4 is 27.5 Å². The molecule has 0 spiro atoms. The predicted molar refractivity (Wildman–Crippen MR) is 82.5 cm³/mol. The highest BCUT2D eigenvalue weighted by Gasteiger charge is 2.22. The maximum Gasteiger partial charge on any atom is 0.148 e. The second kappa shape index (κ2) is 6.70. The molecule has 1 heterocycles. The topological polar surface area (TPSA) is 29.9 Å². The molecule has 20 heavy (non-hydrogen) atoms. The zero-order chi connectivity index (χ0) is 14.7. The van der Waals surface area contributed by atoms with Crippen molar-refractivity contribution in [3.05, 3.63) is 51.2 Å². The van der Waals surface area contributed by atoms with E-state index in [0.29, 0.717) is 10.0 Å². The molecule has 0 aliphatic rings. The summed E-state index contributed by atoms with van der Waals surface area (Å²) in [6.45, 7) is 2.85. The maximum atomic E-state index is 14.4. The molecule has 108 valence electrons. The molecular weight excluding hydrogens is 345 g/mol. The van der Waals surface area contributed by atoms with Gasteiger partial charge in [0.1, 0.15) is 5.82 Å². The van der Waals surface area contributed by atoms with Crippen LogP contribution >= 0.6 is 27.5 Å². The molecule has 0 saturated carbocycles. The quantitative estimate of drug-likeness (QED) is 0.815. The van der Waals surface area contributed by atoms with Crippen LogP contribution in [0.4, 0.5) is 4.39 Å². The van der Waals surface area contributed by atoms with Crippen LogP contribution in [0, 0.1) is 5.82 Å². The van der Waals surface area contributed by atoms with Crippen molar-refractivity contribution < 1.29 is 4.39 Å². The number of hydrogen-bond acceptors (Lipinski definition) is 2. The summed E-state index contributed by atoms with van der Waals surface area (Å²) in [7, 11) is 1.89. The van der Waals surface area contributed by atoms with Crippen molar-refractivity contribution in [2.45, 2.75) is 19.4 Å². The molecule has 6 heteroatoms. The molecule has 2 aromatic rings. The molecule has 0 aliphatic carbocycles. The minimum absolute atomic E-state index is 0.105. The molecule has 0 amide bonds. The predicted octanol–water partition coefficient (Wildman–Crippen LogP) is 4.06. The lowest BCUT2D eigenvalue weighted by molar-refractivity contribution is 0.529. The fourth-order valence-electron chi connectivity index (χ4n) is 2.07. The van der Waals surface area contributed by atoms with Gasteiger partial charge in [-0.15, -0.1) is 0 Å². The maximum absolute atomic E-state index is 14.4. The fraction of sp³-hybridized carbons (Fsp3) is 0.357. The van der Waals surface area contributed by atoms with E-state index in [0.717, 1.165) is 18.7 Å². The van der Waals surface area contributed by atoms with E-state index in [1.807, 2.05) is 11.6 Å². The van der Waals surface area contributed by atoms with Crippen molar-refractivity contribution in [2.75, 3.05) is 6.54 Å². The van der Waals surface area contributed by atoms with Gasteiger partial charge in [0.2, 0.25) is 0 Å². The SMILES string of the molecule is CCCNC(c1ccc(Br)c(Cl)c1F)c1cncn1C. The third-order valence-corrected chi connectivity index (χ3v) is 4.38. The molecule has 0 saturated heterocycles. The summed E-state index contributed by atoms with van der Waals surface area (Å²) >= 11 is 9.23. The first kappa shape index (κ1) is 15.5. The Kier molecular flexibility index (Phi) is 5.18. The number of nitrogens with one attached hydrogen (secondary N) is 1. The first-order valence-corrected chi connectivity index (χ1v) is 7.56. The van der Waals surface area contributed by atoms with Gasteiger partial charge < -0.3 is 9.88 Å². The van der Waals surface area contributed by atoms with Crippen molar-refractivity contribution in [3.63, 3.8) is 0 Å². The van der Waals surface area contributed by atoms with Gasteiger partial charge in [0, 0.05) is 17.1 Å². The van der Waals surface area contributed by atoms with Crippen LogP contribution in [-0.2, 0) is 7.05 Å². The van der Waals surface area contributed by atoms with E-state index in [9.17, 15) is 4.39 Å². The van der Waals surface area contributed by atoms with Crippen molar-refractivity contribution in [1.29, 1.82) is 0 Å². The number of aromatic nitrogens is 2. The Morgan fingerprint density at radius 2 is 2.25 bits per heavy atom. The monoisotopic (exact) mass is 359 g/mol. The fourth-order valence-corrected chi connectivity index (χ4v) is 2.55. The minimum Gasteiger partial charge on any atom is -0.336 e. The average molecular weight is 361 g/mol. The normalized spacial score (nSPS) is 12.7. The highest BCUT2D eigenvalue weighted by atomic mass is 79.9. The third kappa shape index (κ3) is 3.05. The number of imidazole rings is 1. The highest BCUT2D eigenvalue weighted by molar-refractivity contribution is 9.10. The average Bonchev–Trinajstić information content (AvgIpc) is 2.85. The van der Waals surface area contributed by atoms with Gasteiger partial charge in [-0.05, 0) is 35.0 Å². The Bertz CT molecular complexity index is 600. The Morgan fingerprint density at radius 1 is 1.50 bits per heavy atom. The third-order valence-electron chi connectivity index (χ3n) is 3.12. The van der Waals surface area contributed by atoms with Crippen LogP contribution < -0.4 is 5.32 Å². The second-order valence-corrected chi connectivity index (χ2v) is 5.81. The lowest BCUT2D eigenvalue weighted by atomic mass is 10.0. The van der Waals surface area contributed by atoms with Crippen LogP contribution in [-0.4, -0.2) is 16.1 Å². The van der Waals surface area contributed by atoms with Gasteiger partial charge in [0.05, 0.1) is 29.3 Å². The molecule has 0 fully saturated rings. The molecule has 1 aromatic heterocycles. The van der Waals surface area contributed by atoms with E-state index in [-0.39, 0.29) is 11.1 Å². The zero-order valence-corrected chi connectivity index (χ0v) is 13.7. The first-order valence-electron chi connectivity index (χ1n) is 6.39. The molecule has 2 rings (SSSR count). The summed E-state index contributed by atoms with van der Waals surface area (Å²) in [5.41, 5.74) is 1.42. The standard InChI is InChI=1S/C14H16BrClFN3/c1-3-6-19-14(11-7-18-8-20(11)2)9-4-5-10(15)12(16)13(9)17/h4-5,7-8,14,19H,3,6H2,1-2H3. The van der Waals surface area contributed by atoms with Crippen LogP contribution in [0.5, 0.6) is 0 Å². The van der Waals surface area contributed by atoms with E-state index in [1.54, 1.807) is 24.7 Å². The smallest absolute Gasteiger partial charge is 0.148 e. The van der Waals surface area contributed by atoms with Gasteiger partial charge in [-0.2, -0.15) is 0 Å². The number of benzene rings is 1. The van der Waals surface area contributed by atoms with E-state index >= 15 is 0 Å². The summed E-state index contributed by atoms with van der Waals surface area (Å²) in [6, 6.07) is 3.23. The van der Waals surface area contributed by atoms with Crippen molar-refractivity contribution in [1.82, 2.24) is 14.9 Å². The highest BCUT2D eigenvalue weighted by Crippen LogP contribution is 2.32. The Balaban J connectivity index is 2.47. The summed E-state index contributed by atoms with van der Waals surface area (Å²) < 4.78 is 16.9. The largest absolute Gasteiger partial charge is 0.336 e. The van der Waals surface area contributed by atoms with E-state index in [1.165, 1.54) is 0 Å². The van der Waals surface area contributed by atoms with Gasteiger partial charge in [0.25, 0.3) is 0 Å². The molecule has 1 N–H and O–H groups in total. The molecule has 0 aliphatic heterocycles. The van der Waals surface area contributed by atoms with Crippen LogP contribution in [0.15, 0.2) is 29.1 Å². The molecule has 3 nitrogen and oxygen atoms in total. The van der Waals surface area contributed by atoms with Gasteiger partial charge in [0.15, 0.2) is 0 Å². The zero-order valence-electron chi connectivity index (χ0n) is 11.3.